The lowest BCUT2D eigenvalue weighted by atomic mass is 10.00. The summed E-state index contributed by atoms with van der Waals surface area (Å²) in [5.41, 5.74) is 10.8. The Labute approximate surface area is 185 Å². The van der Waals surface area contributed by atoms with E-state index in [1.807, 2.05) is 36.4 Å². The molecule has 1 heterocycles. The molecule has 0 bridgehead atoms. The third-order valence-corrected chi connectivity index (χ3v) is 5.38. The molecule has 0 aliphatic heterocycles. The van der Waals surface area contributed by atoms with E-state index < -0.39 is 12.1 Å². The molecule has 164 valence electrons. The van der Waals surface area contributed by atoms with Gasteiger partial charge in [0.2, 0.25) is 0 Å². The van der Waals surface area contributed by atoms with Gasteiger partial charge in [0.15, 0.2) is 0 Å². The minimum absolute atomic E-state index is 0.132. The van der Waals surface area contributed by atoms with Crippen LogP contribution >= 0.6 is 0 Å². The Morgan fingerprint density at radius 3 is 2.59 bits per heavy atom. The lowest BCUT2D eigenvalue weighted by Gasteiger charge is -2.12. The third-order valence-electron chi connectivity index (χ3n) is 5.38. The standard InChI is InChI=1S/C26H25NO5/c1-16(28)26-22(15-31-23-8-3-2-6-20(23)13-25(29)30)21-12-19(9-10-24(21)32-26)18-7-4-5-17(11-18)14-27/h2-12,16,28H,13-15,27H2,1H3,(H,29,30). The van der Waals surface area contributed by atoms with E-state index in [-0.39, 0.29) is 13.0 Å². The molecule has 4 rings (SSSR count). The molecule has 4 N–H and O–H groups in total. The van der Waals surface area contributed by atoms with Crippen molar-refractivity contribution in [3.8, 4) is 16.9 Å². The monoisotopic (exact) mass is 431 g/mol. The van der Waals surface area contributed by atoms with Crippen LogP contribution in [0.2, 0.25) is 0 Å². The fourth-order valence-electron chi connectivity index (χ4n) is 3.81. The van der Waals surface area contributed by atoms with Crippen LogP contribution in [0.15, 0.2) is 71.1 Å². The molecule has 6 nitrogen and oxygen atoms in total. The summed E-state index contributed by atoms with van der Waals surface area (Å²) < 4.78 is 11.9. The van der Waals surface area contributed by atoms with Gasteiger partial charge in [0.1, 0.15) is 29.8 Å². The number of aliphatic hydroxyl groups is 1. The normalized spacial score (nSPS) is 12.1. The number of nitrogens with two attached hydrogens (primary N) is 1. The SMILES string of the molecule is CC(O)c1oc2ccc(-c3cccc(CN)c3)cc2c1COc1ccccc1CC(=O)O. The van der Waals surface area contributed by atoms with Crippen LogP contribution in [0.5, 0.6) is 5.75 Å². The highest BCUT2D eigenvalue weighted by Crippen LogP contribution is 2.34. The lowest BCUT2D eigenvalue weighted by Crippen LogP contribution is -2.05. The van der Waals surface area contributed by atoms with Crippen molar-refractivity contribution >= 4 is 16.9 Å². The van der Waals surface area contributed by atoms with Crippen LogP contribution in [0.4, 0.5) is 0 Å². The molecule has 0 amide bonds. The van der Waals surface area contributed by atoms with Crippen LogP contribution in [0, 0.1) is 0 Å². The highest BCUT2D eigenvalue weighted by atomic mass is 16.5. The van der Waals surface area contributed by atoms with Gasteiger partial charge in [-0.05, 0) is 47.9 Å². The highest BCUT2D eigenvalue weighted by molar-refractivity contribution is 5.87. The molecule has 0 saturated carbocycles. The van der Waals surface area contributed by atoms with Crippen molar-refractivity contribution in [3.05, 3.63) is 89.2 Å². The number of fused-ring (bicyclic) bond motifs is 1. The van der Waals surface area contributed by atoms with Gasteiger partial charge in [-0.1, -0.05) is 42.5 Å². The van der Waals surface area contributed by atoms with Crippen molar-refractivity contribution in [1.82, 2.24) is 0 Å². The summed E-state index contributed by atoms with van der Waals surface area (Å²) in [6.45, 7) is 2.24. The number of ether oxygens (including phenoxy) is 1. The average Bonchev–Trinajstić information content (AvgIpc) is 3.16. The quantitative estimate of drug-likeness (QED) is 0.369. The van der Waals surface area contributed by atoms with E-state index in [1.165, 1.54) is 0 Å². The first kappa shape index (κ1) is 21.6. The van der Waals surface area contributed by atoms with E-state index in [2.05, 4.69) is 6.07 Å². The van der Waals surface area contributed by atoms with Crippen molar-refractivity contribution in [1.29, 1.82) is 0 Å². The second-order valence-corrected chi connectivity index (χ2v) is 7.70. The molecule has 0 saturated heterocycles. The van der Waals surface area contributed by atoms with E-state index in [9.17, 15) is 9.90 Å². The maximum atomic E-state index is 11.2. The van der Waals surface area contributed by atoms with Gasteiger partial charge in [0.05, 0.1) is 6.42 Å². The van der Waals surface area contributed by atoms with E-state index in [0.29, 0.717) is 29.2 Å². The van der Waals surface area contributed by atoms with Crippen LogP contribution in [0.3, 0.4) is 0 Å². The zero-order chi connectivity index (χ0) is 22.7. The summed E-state index contributed by atoms with van der Waals surface area (Å²) in [6, 6.07) is 21.0. The molecule has 1 aromatic heterocycles. The van der Waals surface area contributed by atoms with Crippen molar-refractivity contribution in [2.75, 3.05) is 0 Å². The largest absolute Gasteiger partial charge is 0.488 e. The van der Waals surface area contributed by atoms with Gasteiger partial charge < -0.3 is 25.1 Å². The molecular weight excluding hydrogens is 406 g/mol. The fraction of sp³-hybridized carbons (Fsp3) is 0.192. The average molecular weight is 431 g/mol. The summed E-state index contributed by atoms with van der Waals surface area (Å²) in [7, 11) is 0. The smallest absolute Gasteiger partial charge is 0.307 e. The van der Waals surface area contributed by atoms with Crippen molar-refractivity contribution in [2.24, 2.45) is 5.73 Å². The summed E-state index contributed by atoms with van der Waals surface area (Å²) in [5, 5.41) is 20.3. The van der Waals surface area contributed by atoms with Crippen LogP contribution in [0.1, 0.15) is 35.5 Å². The minimum atomic E-state index is -0.927. The number of hydrogen-bond donors (Lipinski definition) is 3. The van der Waals surface area contributed by atoms with E-state index in [0.717, 1.165) is 27.6 Å². The number of rotatable bonds is 8. The molecule has 0 aliphatic rings. The second-order valence-electron chi connectivity index (χ2n) is 7.70. The lowest BCUT2D eigenvalue weighted by molar-refractivity contribution is -0.136. The molecule has 32 heavy (non-hydrogen) atoms. The Morgan fingerprint density at radius 2 is 1.84 bits per heavy atom. The number of carbonyl (C=O) groups is 1. The minimum Gasteiger partial charge on any atom is -0.488 e. The number of aliphatic hydroxyl groups excluding tert-OH is 1. The Morgan fingerprint density at radius 1 is 1.06 bits per heavy atom. The molecular formula is C26H25NO5. The van der Waals surface area contributed by atoms with Gasteiger partial charge in [-0.3, -0.25) is 4.79 Å². The van der Waals surface area contributed by atoms with Crippen molar-refractivity contribution < 1.29 is 24.2 Å². The Bertz CT molecular complexity index is 1260. The predicted molar refractivity (Wildman–Crippen MR) is 122 cm³/mol. The van der Waals surface area contributed by atoms with E-state index in [1.54, 1.807) is 31.2 Å². The molecule has 1 atom stereocenters. The summed E-state index contributed by atoms with van der Waals surface area (Å²) in [5.74, 6) is 0.000000772. The highest BCUT2D eigenvalue weighted by Gasteiger charge is 2.20. The number of carboxylic acids is 1. The van der Waals surface area contributed by atoms with Crippen molar-refractivity contribution in [2.45, 2.75) is 32.6 Å². The Hall–Kier alpha value is -3.61. The molecule has 0 spiro atoms. The number of carboxylic acid groups (broad SMARTS) is 1. The van der Waals surface area contributed by atoms with E-state index in [4.69, 9.17) is 20.0 Å². The van der Waals surface area contributed by atoms with Crippen LogP contribution in [-0.4, -0.2) is 16.2 Å². The van der Waals surface area contributed by atoms with E-state index >= 15 is 0 Å². The number of para-hydroxylation sites is 1. The number of furan rings is 1. The molecule has 6 heteroatoms. The first-order valence-corrected chi connectivity index (χ1v) is 10.4. The van der Waals surface area contributed by atoms with Crippen LogP contribution < -0.4 is 10.5 Å². The molecule has 4 aromatic rings. The topological polar surface area (TPSA) is 106 Å². The van der Waals surface area contributed by atoms with Crippen LogP contribution in [-0.2, 0) is 24.4 Å². The van der Waals surface area contributed by atoms with Gasteiger partial charge in [-0.2, -0.15) is 0 Å². The summed E-state index contributed by atoms with van der Waals surface area (Å²) >= 11 is 0. The van der Waals surface area contributed by atoms with Gasteiger partial charge in [0.25, 0.3) is 0 Å². The molecule has 0 fully saturated rings. The Balaban J connectivity index is 1.73. The first-order chi connectivity index (χ1) is 15.5. The fourth-order valence-corrected chi connectivity index (χ4v) is 3.81. The first-order valence-electron chi connectivity index (χ1n) is 10.4. The van der Waals surface area contributed by atoms with Crippen LogP contribution in [0.25, 0.3) is 22.1 Å². The van der Waals surface area contributed by atoms with Gasteiger partial charge in [-0.15, -0.1) is 0 Å². The zero-order valence-electron chi connectivity index (χ0n) is 17.7. The number of benzene rings is 3. The molecule has 0 radical (unpaired) electrons. The van der Waals surface area contributed by atoms with Gasteiger partial charge in [0, 0.05) is 23.1 Å². The molecule has 1 unspecified atom stereocenters. The zero-order valence-corrected chi connectivity index (χ0v) is 17.7. The van der Waals surface area contributed by atoms with Gasteiger partial charge >= 0.3 is 5.97 Å². The third kappa shape index (κ3) is 4.51. The van der Waals surface area contributed by atoms with Gasteiger partial charge in [-0.25, -0.2) is 0 Å². The Kier molecular flexibility index (Phi) is 6.25. The molecule has 3 aromatic carbocycles. The summed E-state index contributed by atoms with van der Waals surface area (Å²) in [4.78, 5) is 11.2. The van der Waals surface area contributed by atoms with Crippen molar-refractivity contribution in [3.63, 3.8) is 0 Å². The molecule has 0 aliphatic carbocycles. The maximum Gasteiger partial charge on any atom is 0.307 e. The second kappa shape index (κ2) is 9.26. The maximum absolute atomic E-state index is 11.2. The number of aliphatic carboxylic acids is 1. The summed E-state index contributed by atoms with van der Waals surface area (Å²) in [6.07, 6.45) is -0.952. The predicted octanol–water partition coefficient (Wildman–Crippen LogP) is 4.82. The number of hydrogen-bond acceptors (Lipinski definition) is 5.